The van der Waals surface area contributed by atoms with Crippen molar-refractivity contribution in [3.8, 4) is 5.75 Å². The molecule has 0 aromatic heterocycles. The molecule has 0 saturated carbocycles. The van der Waals surface area contributed by atoms with Crippen molar-refractivity contribution in [1.82, 2.24) is 4.90 Å². The molecular formula is C25H22F2N2O3. The average molecular weight is 436 g/mol. The molecule has 2 amide bonds. The van der Waals surface area contributed by atoms with Crippen LogP contribution >= 0.6 is 0 Å². The monoisotopic (exact) mass is 436 g/mol. The van der Waals surface area contributed by atoms with Crippen LogP contribution < -0.4 is 10.1 Å². The van der Waals surface area contributed by atoms with E-state index in [1.165, 1.54) is 24.3 Å². The minimum Gasteiger partial charge on any atom is -0.480 e. The summed E-state index contributed by atoms with van der Waals surface area (Å²) in [6, 6.07) is 16.8. The Morgan fingerprint density at radius 2 is 1.91 bits per heavy atom. The summed E-state index contributed by atoms with van der Waals surface area (Å²) in [6.45, 7) is 2.15. The van der Waals surface area contributed by atoms with E-state index in [2.05, 4.69) is 5.32 Å². The van der Waals surface area contributed by atoms with Crippen LogP contribution in [0.1, 0.15) is 34.8 Å². The molecule has 0 spiro atoms. The van der Waals surface area contributed by atoms with Crippen LogP contribution in [0.15, 0.2) is 66.7 Å². The van der Waals surface area contributed by atoms with Crippen LogP contribution in [0.25, 0.3) is 0 Å². The molecule has 3 aromatic carbocycles. The van der Waals surface area contributed by atoms with E-state index >= 15 is 0 Å². The molecule has 0 fully saturated rings. The number of ether oxygens (including phenoxy) is 1. The molecule has 5 nitrogen and oxygen atoms in total. The van der Waals surface area contributed by atoms with Crippen LogP contribution in [0.4, 0.5) is 14.5 Å². The van der Waals surface area contributed by atoms with Gasteiger partial charge in [-0.25, -0.2) is 8.78 Å². The standard InChI is InChI=1S/C25H22F2N2O3/c1-2-22-25(31)29(14-17-6-3-4-9-21(17)27)15-18-13-20(10-11-23(18)32-22)28-24(30)16-7-5-8-19(26)12-16/h3-13,22H,2,14-15H2,1H3,(H,28,30)/t22-/m0/s1. The van der Waals surface area contributed by atoms with Gasteiger partial charge in [-0.05, 0) is 48.9 Å². The lowest BCUT2D eigenvalue weighted by atomic mass is 10.1. The molecule has 1 aliphatic rings. The Morgan fingerprint density at radius 3 is 2.66 bits per heavy atom. The van der Waals surface area contributed by atoms with Crippen LogP contribution in [-0.4, -0.2) is 22.8 Å². The number of amides is 2. The fraction of sp³-hybridized carbons (Fsp3) is 0.200. The minimum atomic E-state index is -0.684. The number of nitrogens with zero attached hydrogens (tertiary/aromatic N) is 1. The zero-order chi connectivity index (χ0) is 22.7. The number of anilines is 1. The van der Waals surface area contributed by atoms with Crippen LogP contribution in [0, 0.1) is 11.6 Å². The Morgan fingerprint density at radius 1 is 1.09 bits per heavy atom. The molecule has 0 saturated heterocycles. The molecule has 1 N–H and O–H groups in total. The maximum absolute atomic E-state index is 14.2. The third kappa shape index (κ3) is 4.61. The van der Waals surface area contributed by atoms with Crippen molar-refractivity contribution in [2.75, 3.05) is 5.32 Å². The molecule has 0 aliphatic carbocycles. The summed E-state index contributed by atoms with van der Waals surface area (Å²) in [5.41, 5.74) is 1.77. The lowest BCUT2D eigenvalue weighted by Crippen LogP contribution is -2.39. The van der Waals surface area contributed by atoms with Gasteiger partial charge in [0.15, 0.2) is 6.10 Å². The third-order valence-corrected chi connectivity index (χ3v) is 5.31. The van der Waals surface area contributed by atoms with Gasteiger partial charge >= 0.3 is 0 Å². The first-order valence-electron chi connectivity index (χ1n) is 10.3. The van der Waals surface area contributed by atoms with E-state index in [9.17, 15) is 18.4 Å². The number of nitrogens with one attached hydrogen (secondary N) is 1. The van der Waals surface area contributed by atoms with Crippen LogP contribution in [-0.2, 0) is 17.9 Å². The van der Waals surface area contributed by atoms with E-state index in [4.69, 9.17) is 4.74 Å². The number of carbonyl (C=O) groups is 2. The highest BCUT2D eigenvalue weighted by Gasteiger charge is 2.30. The van der Waals surface area contributed by atoms with Crippen LogP contribution in [0.2, 0.25) is 0 Å². The lowest BCUT2D eigenvalue weighted by Gasteiger charge is -2.23. The third-order valence-electron chi connectivity index (χ3n) is 5.31. The van der Waals surface area contributed by atoms with E-state index in [0.717, 1.165) is 6.07 Å². The lowest BCUT2D eigenvalue weighted by molar-refractivity contribution is -0.139. The molecule has 164 valence electrons. The predicted octanol–water partition coefficient (Wildman–Crippen LogP) is 4.92. The van der Waals surface area contributed by atoms with E-state index in [0.29, 0.717) is 29.0 Å². The van der Waals surface area contributed by atoms with Crippen molar-refractivity contribution in [2.45, 2.75) is 32.5 Å². The summed E-state index contributed by atoms with van der Waals surface area (Å²) >= 11 is 0. The smallest absolute Gasteiger partial charge is 0.264 e. The minimum absolute atomic E-state index is 0.102. The van der Waals surface area contributed by atoms with E-state index < -0.39 is 17.8 Å². The molecule has 7 heteroatoms. The highest BCUT2D eigenvalue weighted by molar-refractivity contribution is 6.04. The number of fused-ring (bicyclic) bond motifs is 1. The van der Waals surface area contributed by atoms with Gasteiger partial charge in [0.25, 0.3) is 11.8 Å². The van der Waals surface area contributed by atoms with Gasteiger partial charge in [-0.2, -0.15) is 0 Å². The van der Waals surface area contributed by atoms with Crippen molar-refractivity contribution >= 4 is 17.5 Å². The number of benzene rings is 3. The molecule has 1 atom stereocenters. The topological polar surface area (TPSA) is 58.6 Å². The molecular weight excluding hydrogens is 414 g/mol. The number of rotatable bonds is 5. The van der Waals surface area contributed by atoms with Gasteiger partial charge in [-0.1, -0.05) is 31.2 Å². The van der Waals surface area contributed by atoms with Crippen molar-refractivity contribution in [3.63, 3.8) is 0 Å². The Balaban J connectivity index is 1.60. The normalized spacial score (nSPS) is 15.5. The summed E-state index contributed by atoms with van der Waals surface area (Å²) in [6.07, 6.45) is -0.222. The van der Waals surface area contributed by atoms with Gasteiger partial charge in [0.2, 0.25) is 0 Å². The average Bonchev–Trinajstić information content (AvgIpc) is 2.91. The molecule has 1 aliphatic heterocycles. The Kier molecular flexibility index (Phi) is 6.16. The summed E-state index contributed by atoms with van der Waals surface area (Å²) in [7, 11) is 0. The molecule has 4 rings (SSSR count). The first kappa shape index (κ1) is 21.5. The van der Waals surface area contributed by atoms with Crippen molar-refractivity contribution < 1.29 is 23.1 Å². The molecule has 0 unspecified atom stereocenters. The second kappa shape index (κ2) is 9.18. The number of hydrogen-bond donors (Lipinski definition) is 1. The zero-order valence-corrected chi connectivity index (χ0v) is 17.5. The predicted molar refractivity (Wildman–Crippen MR) is 116 cm³/mol. The summed E-state index contributed by atoms with van der Waals surface area (Å²) in [5, 5.41) is 2.74. The fourth-order valence-electron chi connectivity index (χ4n) is 3.64. The SMILES string of the molecule is CC[C@@H]1Oc2ccc(NC(=O)c3cccc(F)c3)cc2CN(Cc2ccccc2F)C1=O. The number of carbonyl (C=O) groups excluding carboxylic acids is 2. The van der Waals surface area contributed by atoms with Gasteiger partial charge in [0.05, 0.1) is 0 Å². The molecule has 0 bridgehead atoms. The van der Waals surface area contributed by atoms with Crippen LogP contribution in [0.3, 0.4) is 0 Å². The first-order valence-corrected chi connectivity index (χ1v) is 10.3. The fourth-order valence-corrected chi connectivity index (χ4v) is 3.64. The Bertz CT molecular complexity index is 1170. The zero-order valence-electron chi connectivity index (χ0n) is 17.5. The van der Waals surface area contributed by atoms with Crippen LogP contribution in [0.5, 0.6) is 5.75 Å². The van der Waals surface area contributed by atoms with Crippen molar-refractivity contribution in [2.24, 2.45) is 0 Å². The highest BCUT2D eigenvalue weighted by atomic mass is 19.1. The second-order valence-electron chi connectivity index (χ2n) is 7.59. The van der Waals surface area contributed by atoms with E-state index in [1.54, 1.807) is 41.3 Å². The van der Waals surface area contributed by atoms with Gasteiger partial charge in [-0.3, -0.25) is 9.59 Å². The summed E-state index contributed by atoms with van der Waals surface area (Å²) < 4.78 is 33.6. The number of halogens is 2. The molecule has 32 heavy (non-hydrogen) atoms. The molecule has 0 radical (unpaired) electrons. The molecule has 3 aromatic rings. The van der Waals surface area contributed by atoms with E-state index in [1.807, 2.05) is 6.92 Å². The maximum atomic E-state index is 14.2. The van der Waals surface area contributed by atoms with Gasteiger partial charge in [0.1, 0.15) is 17.4 Å². The van der Waals surface area contributed by atoms with Gasteiger partial charge in [0, 0.05) is 35.5 Å². The quantitative estimate of drug-likeness (QED) is 0.618. The summed E-state index contributed by atoms with van der Waals surface area (Å²) in [5.74, 6) is -1.03. The molecule has 1 heterocycles. The van der Waals surface area contributed by atoms with E-state index in [-0.39, 0.29) is 30.4 Å². The Labute approximate surface area is 184 Å². The van der Waals surface area contributed by atoms with Crippen molar-refractivity contribution in [3.05, 3.63) is 95.1 Å². The summed E-state index contributed by atoms with van der Waals surface area (Å²) in [4.78, 5) is 27.0. The van der Waals surface area contributed by atoms with Crippen molar-refractivity contribution in [1.29, 1.82) is 0 Å². The Hall–Kier alpha value is -3.74. The largest absolute Gasteiger partial charge is 0.480 e. The maximum Gasteiger partial charge on any atom is 0.264 e. The highest BCUT2D eigenvalue weighted by Crippen LogP contribution is 2.30. The second-order valence-corrected chi connectivity index (χ2v) is 7.59. The van der Waals surface area contributed by atoms with Gasteiger partial charge in [-0.15, -0.1) is 0 Å². The van der Waals surface area contributed by atoms with Gasteiger partial charge < -0.3 is 15.0 Å². The number of hydrogen-bond acceptors (Lipinski definition) is 3. The first-order chi connectivity index (χ1) is 15.4.